The Kier molecular flexibility index (Phi) is 3.94. The monoisotopic (exact) mass is 301 g/mol. The van der Waals surface area contributed by atoms with Crippen molar-refractivity contribution in [2.45, 2.75) is 39.5 Å². The number of aryl methyl sites for hydroxylation is 2. The van der Waals surface area contributed by atoms with Gasteiger partial charge in [-0.3, -0.25) is 9.59 Å². The zero-order chi connectivity index (χ0) is 15.9. The molecule has 2 atom stereocenters. The fraction of sp³-hybridized carbons (Fsp3) is 0.556. The lowest BCUT2D eigenvalue weighted by Gasteiger charge is -2.45. The fourth-order valence-electron chi connectivity index (χ4n) is 4.23. The Bertz CT molecular complexity index is 602. The van der Waals surface area contributed by atoms with E-state index in [4.69, 9.17) is 0 Å². The van der Waals surface area contributed by atoms with E-state index < -0.39 is 11.9 Å². The van der Waals surface area contributed by atoms with Crippen molar-refractivity contribution in [3.63, 3.8) is 0 Å². The molecule has 3 aliphatic carbocycles. The summed E-state index contributed by atoms with van der Waals surface area (Å²) in [7, 11) is 0. The molecule has 118 valence electrons. The number of anilines is 1. The average molecular weight is 301 g/mol. The number of fused-ring (bicyclic) bond motifs is 3. The normalized spacial score (nSPS) is 30.1. The maximum atomic E-state index is 12.7. The molecule has 0 aromatic heterocycles. The lowest BCUT2D eigenvalue weighted by Crippen LogP contribution is -2.49. The Morgan fingerprint density at radius 2 is 1.59 bits per heavy atom. The van der Waals surface area contributed by atoms with Gasteiger partial charge in [0.25, 0.3) is 0 Å². The number of benzene rings is 1. The lowest BCUT2D eigenvalue weighted by atomic mass is 9.58. The van der Waals surface area contributed by atoms with Gasteiger partial charge in [-0.25, -0.2) is 0 Å². The molecule has 3 saturated carbocycles. The zero-order valence-corrected chi connectivity index (χ0v) is 13.1. The quantitative estimate of drug-likeness (QED) is 0.899. The van der Waals surface area contributed by atoms with Gasteiger partial charge in [-0.15, -0.1) is 0 Å². The summed E-state index contributed by atoms with van der Waals surface area (Å²) in [5.74, 6) is -1.44. The third-order valence-electron chi connectivity index (χ3n) is 5.58. The summed E-state index contributed by atoms with van der Waals surface area (Å²) in [6, 6.07) is 5.81. The highest BCUT2D eigenvalue weighted by Gasteiger charge is 2.50. The second-order valence-electron chi connectivity index (χ2n) is 6.85. The average Bonchev–Trinajstić information content (AvgIpc) is 2.51. The predicted octanol–water partition coefficient (Wildman–Crippen LogP) is 3.38. The van der Waals surface area contributed by atoms with Gasteiger partial charge in [-0.05, 0) is 74.6 Å². The van der Waals surface area contributed by atoms with Crippen molar-refractivity contribution in [2.24, 2.45) is 23.7 Å². The van der Waals surface area contributed by atoms with Gasteiger partial charge in [0.15, 0.2) is 0 Å². The van der Waals surface area contributed by atoms with Crippen LogP contribution in [0.2, 0.25) is 0 Å². The summed E-state index contributed by atoms with van der Waals surface area (Å²) in [5, 5.41) is 12.5. The molecular formula is C18H23NO3. The highest BCUT2D eigenvalue weighted by Crippen LogP contribution is 2.49. The van der Waals surface area contributed by atoms with Crippen LogP contribution in [0.3, 0.4) is 0 Å². The van der Waals surface area contributed by atoms with E-state index in [0.29, 0.717) is 0 Å². The summed E-state index contributed by atoms with van der Waals surface area (Å²) in [6.07, 6.45) is 3.88. The Balaban J connectivity index is 1.80. The molecule has 0 spiro atoms. The van der Waals surface area contributed by atoms with Crippen molar-refractivity contribution in [1.82, 2.24) is 0 Å². The molecule has 1 aromatic carbocycles. The number of carboxylic acids is 1. The molecule has 2 bridgehead atoms. The minimum absolute atomic E-state index is 0.120. The number of carboxylic acid groups (broad SMARTS) is 1. The molecule has 22 heavy (non-hydrogen) atoms. The van der Waals surface area contributed by atoms with Gasteiger partial charge < -0.3 is 10.4 Å². The summed E-state index contributed by atoms with van der Waals surface area (Å²) < 4.78 is 0. The van der Waals surface area contributed by atoms with E-state index in [0.717, 1.165) is 36.9 Å². The van der Waals surface area contributed by atoms with Crippen LogP contribution in [0.15, 0.2) is 18.2 Å². The van der Waals surface area contributed by atoms with Crippen LogP contribution in [0.25, 0.3) is 0 Å². The molecule has 4 nitrogen and oxygen atoms in total. The molecule has 3 aliphatic rings. The van der Waals surface area contributed by atoms with E-state index in [1.54, 1.807) is 0 Å². The molecule has 0 radical (unpaired) electrons. The SMILES string of the molecule is Cc1ccc(NC(=O)[C@H]2C3CCC(CC3)[C@@H]2C(=O)O)cc1C. The first kappa shape index (κ1) is 15.1. The van der Waals surface area contributed by atoms with Gasteiger partial charge >= 0.3 is 5.97 Å². The van der Waals surface area contributed by atoms with Gasteiger partial charge in [0.2, 0.25) is 5.91 Å². The summed E-state index contributed by atoms with van der Waals surface area (Å²) >= 11 is 0. The van der Waals surface area contributed by atoms with Crippen LogP contribution in [0.1, 0.15) is 36.8 Å². The number of aliphatic carboxylic acids is 1. The topological polar surface area (TPSA) is 66.4 Å². The third kappa shape index (κ3) is 2.62. The van der Waals surface area contributed by atoms with E-state index in [-0.39, 0.29) is 23.7 Å². The molecule has 4 heteroatoms. The van der Waals surface area contributed by atoms with Gasteiger partial charge in [-0.2, -0.15) is 0 Å². The molecule has 0 unspecified atom stereocenters. The number of amides is 1. The summed E-state index contributed by atoms with van der Waals surface area (Å²) in [5.41, 5.74) is 3.06. The van der Waals surface area contributed by atoms with Crippen LogP contribution < -0.4 is 5.32 Å². The van der Waals surface area contributed by atoms with E-state index in [2.05, 4.69) is 5.32 Å². The second kappa shape index (κ2) is 5.75. The number of hydrogen-bond acceptors (Lipinski definition) is 2. The Hall–Kier alpha value is -1.84. The van der Waals surface area contributed by atoms with Gasteiger partial charge in [0.05, 0.1) is 11.8 Å². The van der Waals surface area contributed by atoms with Crippen molar-refractivity contribution < 1.29 is 14.7 Å². The Morgan fingerprint density at radius 1 is 1.00 bits per heavy atom. The summed E-state index contributed by atoms with van der Waals surface area (Å²) in [4.78, 5) is 24.3. The fourth-order valence-corrected chi connectivity index (χ4v) is 4.23. The first-order valence-corrected chi connectivity index (χ1v) is 8.08. The Labute approximate surface area is 130 Å². The predicted molar refractivity (Wildman–Crippen MR) is 84.6 cm³/mol. The minimum atomic E-state index is -0.811. The first-order valence-electron chi connectivity index (χ1n) is 8.08. The van der Waals surface area contributed by atoms with Gasteiger partial charge in [0.1, 0.15) is 0 Å². The smallest absolute Gasteiger partial charge is 0.307 e. The maximum Gasteiger partial charge on any atom is 0.307 e. The van der Waals surface area contributed by atoms with Crippen LogP contribution in [0, 0.1) is 37.5 Å². The molecule has 3 fully saturated rings. The number of nitrogens with one attached hydrogen (secondary N) is 1. The Morgan fingerprint density at radius 3 is 2.14 bits per heavy atom. The van der Waals surface area contributed by atoms with E-state index in [9.17, 15) is 14.7 Å². The second-order valence-corrected chi connectivity index (χ2v) is 6.85. The highest BCUT2D eigenvalue weighted by molar-refractivity contribution is 5.95. The van der Waals surface area contributed by atoms with Crippen molar-refractivity contribution in [1.29, 1.82) is 0 Å². The number of rotatable bonds is 3. The molecule has 1 amide bonds. The number of carbonyl (C=O) groups excluding carboxylic acids is 1. The van der Waals surface area contributed by atoms with Crippen LogP contribution in [-0.4, -0.2) is 17.0 Å². The van der Waals surface area contributed by atoms with Crippen LogP contribution in [0.4, 0.5) is 5.69 Å². The number of hydrogen-bond donors (Lipinski definition) is 2. The molecule has 0 heterocycles. The molecule has 2 N–H and O–H groups in total. The van der Waals surface area contributed by atoms with Crippen LogP contribution >= 0.6 is 0 Å². The van der Waals surface area contributed by atoms with Gasteiger partial charge in [0, 0.05) is 5.69 Å². The minimum Gasteiger partial charge on any atom is -0.481 e. The molecular weight excluding hydrogens is 278 g/mol. The largest absolute Gasteiger partial charge is 0.481 e. The van der Waals surface area contributed by atoms with Crippen molar-refractivity contribution in [2.75, 3.05) is 5.32 Å². The van der Waals surface area contributed by atoms with Crippen LogP contribution in [-0.2, 0) is 9.59 Å². The standard InChI is InChI=1S/C18H23NO3/c1-10-3-8-14(9-11(10)2)19-17(20)15-12-4-6-13(7-5-12)16(15)18(21)22/h3,8-9,12-13,15-16H,4-7H2,1-2H3,(H,19,20)(H,21,22)/t12?,13?,15-,16-/m0/s1. The maximum absolute atomic E-state index is 12.7. The van der Waals surface area contributed by atoms with E-state index >= 15 is 0 Å². The molecule has 4 rings (SSSR count). The molecule has 0 saturated heterocycles. The van der Waals surface area contributed by atoms with E-state index in [1.807, 2.05) is 32.0 Å². The molecule has 1 aromatic rings. The first-order chi connectivity index (χ1) is 10.5. The van der Waals surface area contributed by atoms with Crippen LogP contribution in [0.5, 0.6) is 0 Å². The number of carbonyl (C=O) groups is 2. The highest BCUT2D eigenvalue weighted by atomic mass is 16.4. The van der Waals surface area contributed by atoms with Crippen molar-refractivity contribution in [3.05, 3.63) is 29.3 Å². The third-order valence-corrected chi connectivity index (χ3v) is 5.58. The summed E-state index contributed by atoms with van der Waals surface area (Å²) in [6.45, 7) is 4.04. The van der Waals surface area contributed by atoms with Crippen molar-refractivity contribution >= 4 is 17.6 Å². The van der Waals surface area contributed by atoms with Crippen molar-refractivity contribution in [3.8, 4) is 0 Å². The van der Waals surface area contributed by atoms with E-state index in [1.165, 1.54) is 5.56 Å². The lowest BCUT2D eigenvalue weighted by molar-refractivity contribution is -0.156. The van der Waals surface area contributed by atoms with Gasteiger partial charge in [-0.1, -0.05) is 6.07 Å². The zero-order valence-electron chi connectivity index (χ0n) is 13.1. The molecule has 0 aliphatic heterocycles.